The summed E-state index contributed by atoms with van der Waals surface area (Å²) in [6, 6.07) is 5.26. The molecule has 1 rings (SSSR count). The van der Waals surface area contributed by atoms with Crippen LogP contribution in [0.3, 0.4) is 0 Å². The van der Waals surface area contributed by atoms with Crippen molar-refractivity contribution in [1.29, 1.82) is 0 Å². The molecule has 0 saturated carbocycles. The molecule has 96 valence electrons. The van der Waals surface area contributed by atoms with Gasteiger partial charge in [-0.15, -0.1) is 0 Å². The Bertz CT molecular complexity index is 346. The second-order valence-electron chi connectivity index (χ2n) is 4.00. The Morgan fingerprint density at radius 2 is 2.24 bits per heavy atom. The van der Waals surface area contributed by atoms with Gasteiger partial charge in [-0.25, -0.2) is 4.39 Å². The lowest BCUT2D eigenvalue weighted by atomic mass is 10.1. The zero-order valence-corrected chi connectivity index (χ0v) is 12.7. The van der Waals surface area contributed by atoms with Crippen LogP contribution in [-0.2, 0) is 6.42 Å². The van der Waals surface area contributed by atoms with Gasteiger partial charge in [0.1, 0.15) is 5.82 Å². The number of halogens is 2. The van der Waals surface area contributed by atoms with Gasteiger partial charge in [-0.2, -0.15) is 11.8 Å². The Morgan fingerprint density at radius 1 is 1.47 bits per heavy atom. The van der Waals surface area contributed by atoms with Crippen LogP contribution in [0.1, 0.15) is 18.9 Å². The molecule has 0 spiro atoms. The Balaban J connectivity index is 2.57. The van der Waals surface area contributed by atoms with E-state index in [1.807, 2.05) is 18.8 Å². The van der Waals surface area contributed by atoms with Gasteiger partial charge < -0.3 is 5.32 Å². The molecule has 1 nitrogen and oxygen atoms in total. The zero-order chi connectivity index (χ0) is 12.7. The van der Waals surface area contributed by atoms with Crippen molar-refractivity contribution in [3.63, 3.8) is 0 Å². The van der Waals surface area contributed by atoms with Crippen molar-refractivity contribution in [3.05, 3.63) is 34.1 Å². The van der Waals surface area contributed by atoms with Gasteiger partial charge in [0.05, 0.1) is 0 Å². The normalized spacial score (nSPS) is 12.7. The summed E-state index contributed by atoms with van der Waals surface area (Å²) >= 11 is 5.41. The summed E-state index contributed by atoms with van der Waals surface area (Å²) in [5.74, 6) is 2.08. The molecule has 1 unspecified atom stereocenters. The Kier molecular flexibility index (Phi) is 7.16. The summed E-state index contributed by atoms with van der Waals surface area (Å²) in [4.78, 5) is 0. The van der Waals surface area contributed by atoms with Gasteiger partial charge >= 0.3 is 0 Å². The topological polar surface area (TPSA) is 12.0 Å². The van der Waals surface area contributed by atoms with Crippen LogP contribution in [0.15, 0.2) is 22.7 Å². The molecule has 0 fully saturated rings. The Labute approximate surface area is 116 Å². The molecule has 0 amide bonds. The predicted octanol–water partition coefficient (Wildman–Crippen LogP) is 3.86. The molecule has 0 aliphatic carbocycles. The Hall–Kier alpha value is -0.0600. The van der Waals surface area contributed by atoms with Crippen LogP contribution in [0.2, 0.25) is 0 Å². The smallest absolute Gasteiger partial charge is 0.123 e. The molecule has 0 aromatic heterocycles. The van der Waals surface area contributed by atoms with E-state index < -0.39 is 0 Å². The predicted molar refractivity (Wildman–Crippen MR) is 78.3 cm³/mol. The summed E-state index contributed by atoms with van der Waals surface area (Å²) < 4.78 is 14.1. The highest BCUT2D eigenvalue weighted by Gasteiger charge is 2.10. The molecule has 0 aliphatic rings. The average Bonchev–Trinajstić information content (AvgIpc) is 2.32. The first kappa shape index (κ1) is 15.0. The first-order valence-electron chi connectivity index (χ1n) is 5.86. The van der Waals surface area contributed by atoms with Gasteiger partial charge in [0, 0.05) is 16.3 Å². The lowest BCUT2D eigenvalue weighted by Crippen LogP contribution is -2.30. The number of hydrogen-bond donors (Lipinski definition) is 1. The summed E-state index contributed by atoms with van der Waals surface area (Å²) in [5.41, 5.74) is 1.03. The van der Waals surface area contributed by atoms with E-state index >= 15 is 0 Å². The van der Waals surface area contributed by atoms with Crippen molar-refractivity contribution >= 4 is 27.7 Å². The fourth-order valence-corrected chi connectivity index (χ4v) is 3.01. The second kappa shape index (κ2) is 8.11. The molecule has 17 heavy (non-hydrogen) atoms. The van der Waals surface area contributed by atoms with Crippen molar-refractivity contribution in [2.45, 2.75) is 25.8 Å². The number of hydrogen-bond acceptors (Lipinski definition) is 2. The maximum Gasteiger partial charge on any atom is 0.123 e. The highest BCUT2D eigenvalue weighted by atomic mass is 79.9. The number of likely N-dealkylation sites (N-methyl/N-ethyl adjacent to an activating group) is 1. The highest BCUT2D eigenvalue weighted by molar-refractivity contribution is 9.10. The van der Waals surface area contributed by atoms with E-state index in [1.165, 1.54) is 18.2 Å². The van der Waals surface area contributed by atoms with E-state index in [2.05, 4.69) is 28.2 Å². The van der Waals surface area contributed by atoms with Crippen LogP contribution in [-0.4, -0.2) is 24.6 Å². The highest BCUT2D eigenvalue weighted by Crippen LogP contribution is 2.20. The summed E-state index contributed by atoms with van der Waals surface area (Å²) in [6.07, 6.45) is 2.05. The minimum Gasteiger partial charge on any atom is -0.316 e. The van der Waals surface area contributed by atoms with Crippen LogP contribution in [0.4, 0.5) is 4.39 Å². The van der Waals surface area contributed by atoms with Gasteiger partial charge in [-0.1, -0.05) is 22.9 Å². The van der Waals surface area contributed by atoms with Crippen molar-refractivity contribution in [2.75, 3.05) is 18.6 Å². The summed E-state index contributed by atoms with van der Waals surface area (Å²) in [6.45, 7) is 2.19. The van der Waals surface area contributed by atoms with Crippen molar-refractivity contribution in [1.82, 2.24) is 5.32 Å². The van der Waals surface area contributed by atoms with Gasteiger partial charge in [0.2, 0.25) is 0 Å². The first-order valence-corrected chi connectivity index (χ1v) is 7.81. The van der Waals surface area contributed by atoms with Crippen LogP contribution in [0, 0.1) is 5.82 Å². The third-order valence-corrected chi connectivity index (χ3v) is 4.66. The quantitative estimate of drug-likeness (QED) is 0.766. The van der Waals surface area contributed by atoms with Gasteiger partial charge in [0.15, 0.2) is 0 Å². The molecule has 1 aromatic carbocycles. The molecule has 1 atom stereocenters. The fourth-order valence-electron chi connectivity index (χ4n) is 1.58. The SMILES string of the molecule is CCCSCC(Cc1cc(F)ccc1Br)NC. The van der Waals surface area contributed by atoms with Crippen molar-refractivity contribution in [2.24, 2.45) is 0 Å². The number of nitrogens with one attached hydrogen (secondary N) is 1. The third-order valence-electron chi connectivity index (χ3n) is 2.55. The molecule has 0 saturated heterocycles. The molecule has 0 bridgehead atoms. The maximum atomic E-state index is 13.2. The minimum absolute atomic E-state index is 0.167. The molecule has 0 radical (unpaired) electrons. The molecule has 1 aromatic rings. The third kappa shape index (κ3) is 5.40. The van der Waals surface area contributed by atoms with Crippen LogP contribution in [0.5, 0.6) is 0 Å². The Morgan fingerprint density at radius 3 is 2.88 bits per heavy atom. The van der Waals surface area contributed by atoms with Crippen LogP contribution >= 0.6 is 27.7 Å². The van der Waals surface area contributed by atoms with Gasteiger partial charge in [0.25, 0.3) is 0 Å². The molecular weight excluding hydrogens is 301 g/mol. The van der Waals surface area contributed by atoms with E-state index in [9.17, 15) is 4.39 Å². The molecule has 4 heteroatoms. The van der Waals surface area contributed by atoms with Gasteiger partial charge in [-0.05, 0) is 49.4 Å². The van der Waals surface area contributed by atoms with Crippen LogP contribution in [0.25, 0.3) is 0 Å². The first-order chi connectivity index (χ1) is 8.17. The van der Waals surface area contributed by atoms with E-state index in [4.69, 9.17) is 0 Å². The second-order valence-corrected chi connectivity index (χ2v) is 6.00. The monoisotopic (exact) mass is 319 g/mol. The van der Waals surface area contributed by atoms with Crippen molar-refractivity contribution < 1.29 is 4.39 Å². The zero-order valence-electron chi connectivity index (χ0n) is 10.3. The maximum absolute atomic E-state index is 13.2. The van der Waals surface area contributed by atoms with E-state index in [1.54, 1.807) is 12.1 Å². The number of thioether (sulfide) groups is 1. The van der Waals surface area contributed by atoms with Crippen molar-refractivity contribution in [3.8, 4) is 0 Å². The lowest BCUT2D eigenvalue weighted by Gasteiger charge is -2.16. The number of benzene rings is 1. The van der Waals surface area contributed by atoms with Crippen LogP contribution < -0.4 is 5.32 Å². The average molecular weight is 320 g/mol. The lowest BCUT2D eigenvalue weighted by molar-refractivity contribution is 0.601. The molecule has 0 heterocycles. The molecule has 1 N–H and O–H groups in total. The van der Waals surface area contributed by atoms with Gasteiger partial charge in [-0.3, -0.25) is 0 Å². The molecular formula is C13H19BrFNS. The fraction of sp³-hybridized carbons (Fsp3) is 0.538. The molecule has 0 aliphatic heterocycles. The summed E-state index contributed by atoms with van der Waals surface area (Å²) in [7, 11) is 1.96. The standard InChI is InChI=1S/C13H19BrFNS/c1-3-6-17-9-12(16-2)8-10-7-11(15)4-5-13(10)14/h4-5,7,12,16H,3,6,8-9H2,1-2H3. The number of rotatable bonds is 7. The van der Waals surface area contributed by atoms with E-state index in [-0.39, 0.29) is 5.82 Å². The summed E-state index contributed by atoms with van der Waals surface area (Å²) in [5, 5.41) is 3.29. The van der Waals surface area contributed by atoms with E-state index in [0.29, 0.717) is 6.04 Å². The largest absolute Gasteiger partial charge is 0.316 e. The van der Waals surface area contributed by atoms with E-state index in [0.717, 1.165) is 22.2 Å². The minimum atomic E-state index is -0.167.